The number of nitrogens with one attached hydrogen (secondary N) is 1. The first-order valence-electron chi connectivity index (χ1n) is 7.15. The van der Waals surface area contributed by atoms with E-state index in [4.69, 9.17) is 0 Å². The van der Waals surface area contributed by atoms with Gasteiger partial charge >= 0.3 is 0 Å². The first-order valence-corrected chi connectivity index (χ1v) is 7.15. The molecule has 0 atom stereocenters. The number of carbonyl (C=O) groups is 1. The van der Waals surface area contributed by atoms with Crippen LogP contribution in [0.5, 0.6) is 0 Å². The molecule has 0 saturated heterocycles. The number of benzene rings is 2. The van der Waals surface area contributed by atoms with Crippen LogP contribution in [0.15, 0.2) is 67.3 Å². The molecule has 4 nitrogen and oxygen atoms in total. The van der Waals surface area contributed by atoms with Crippen molar-refractivity contribution < 1.29 is 4.79 Å². The molecule has 0 aliphatic carbocycles. The molecule has 0 bridgehead atoms. The van der Waals surface area contributed by atoms with Crippen LogP contribution in [0.3, 0.4) is 0 Å². The van der Waals surface area contributed by atoms with Gasteiger partial charge in [0.1, 0.15) is 0 Å². The number of nitrogens with zero attached hydrogens (tertiary/aromatic N) is 2. The number of imidazole rings is 1. The summed E-state index contributed by atoms with van der Waals surface area (Å²) in [6.45, 7) is 2.45. The molecular weight excluding hydrogens is 274 g/mol. The van der Waals surface area contributed by atoms with Gasteiger partial charge in [-0.1, -0.05) is 30.3 Å². The van der Waals surface area contributed by atoms with E-state index in [-0.39, 0.29) is 5.91 Å². The smallest absolute Gasteiger partial charge is 0.251 e. The number of aryl methyl sites for hydroxylation is 1. The highest BCUT2D eigenvalue weighted by molar-refractivity contribution is 5.95. The Bertz CT molecular complexity index is 761. The van der Waals surface area contributed by atoms with E-state index in [1.807, 2.05) is 66.2 Å². The Balaban J connectivity index is 1.64. The van der Waals surface area contributed by atoms with Crippen molar-refractivity contribution in [1.29, 1.82) is 0 Å². The molecule has 1 N–H and O–H groups in total. The standard InChI is InChI=1S/C18H17N3O/c1-14-4-2-3-5-17(14)18(22)20-12-15-6-8-16(9-7-15)21-11-10-19-13-21/h2-11,13H,12H2,1H3,(H,20,22). The number of amides is 1. The third-order valence-electron chi connectivity index (χ3n) is 3.58. The second kappa shape index (κ2) is 6.26. The topological polar surface area (TPSA) is 46.9 Å². The lowest BCUT2D eigenvalue weighted by molar-refractivity contribution is 0.0950. The predicted octanol–water partition coefficient (Wildman–Crippen LogP) is 3.11. The Morgan fingerprint density at radius 3 is 2.59 bits per heavy atom. The maximum absolute atomic E-state index is 12.2. The zero-order chi connectivity index (χ0) is 15.4. The molecule has 1 aromatic heterocycles. The van der Waals surface area contributed by atoms with Gasteiger partial charge in [-0.05, 0) is 36.2 Å². The fraction of sp³-hybridized carbons (Fsp3) is 0.111. The van der Waals surface area contributed by atoms with Gasteiger partial charge in [0, 0.05) is 30.2 Å². The Hall–Kier alpha value is -2.88. The SMILES string of the molecule is Cc1ccccc1C(=O)NCc1ccc(-n2ccnc2)cc1. The maximum atomic E-state index is 12.2. The van der Waals surface area contributed by atoms with Crippen LogP contribution in [0, 0.1) is 6.92 Å². The van der Waals surface area contributed by atoms with Gasteiger partial charge in [0.05, 0.1) is 6.33 Å². The predicted molar refractivity (Wildman–Crippen MR) is 85.9 cm³/mol. The van der Waals surface area contributed by atoms with Crippen molar-refractivity contribution in [1.82, 2.24) is 14.9 Å². The van der Waals surface area contributed by atoms with E-state index in [1.54, 1.807) is 12.5 Å². The van der Waals surface area contributed by atoms with E-state index >= 15 is 0 Å². The van der Waals surface area contributed by atoms with E-state index in [1.165, 1.54) is 0 Å². The highest BCUT2D eigenvalue weighted by Crippen LogP contribution is 2.10. The lowest BCUT2D eigenvalue weighted by atomic mass is 10.1. The van der Waals surface area contributed by atoms with E-state index < -0.39 is 0 Å². The third-order valence-corrected chi connectivity index (χ3v) is 3.58. The first kappa shape index (κ1) is 14.1. The third kappa shape index (κ3) is 3.06. The summed E-state index contributed by atoms with van der Waals surface area (Å²) in [4.78, 5) is 16.2. The molecule has 0 radical (unpaired) electrons. The lowest BCUT2D eigenvalue weighted by Crippen LogP contribution is -2.23. The normalized spacial score (nSPS) is 10.4. The fourth-order valence-electron chi connectivity index (χ4n) is 2.30. The molecule has 0 unspecified atom stereocenters. The summed E-state index contributed by atoms with van der Waals surface area (Å²) in [6.07, 6.45) is 5.40. The highest BCUT2D eigenvalue weighted by atomic mass is 16.1. The van der Waals surface area contributed by atoms with Crippen molar-refractivity contribution in [2.24, 2.45) is 0 Å². The molecule has 2 aromatic carbocycles. The van der Waals surface area contributed by atoms with Crippen LogP contribution in [-0.4, -0.2) is 15.5 Å². The van der Waals surface area contributed by atoms with Crippen LogP contribution < -0.4 is 5.32 Å². The zero-order valence-electron chi connectivity index (χ0n) is 12.4. The summed E-state index contributed by atoms with van der Waals surface area (Å²) >= 11 is 0. The van der Waals surface area contributed by atoms with Gasteiger partial charge in [0.15, 0.2) is 0 Å². The fourth-order valence-corrected chi connectivity index (χ4v) is 2.30. The number of hydrogen-bond acceptors (Lipinski definition) is 2. The van der Waals surface area contributed by atoms with Crippen molar-refractivity contribution in [2.75, 3.05) is 0 Å². The Labute approximate surface area is 129 Å². The van der Waals surface area contributed by atoms with E-state index in [2.05, 4.69) is 10.3 Å². The Kier molecular flexibility index (Phi) is 4.01. The zero-order valence-corrected chi connectivity index (χ0v) is 12.4. The minimum atomic E-state index is -0.0446. The lowest BCUT2D eigenvalue weighted by Gasteiger charge is -2.08. The van der Waals surface area contributed by atoms with Gasteiger partial charge in [-0.25, -0.2) is 4.98 Å². The first-order chi connectivity index (χ1) is 10.7. The second-order valence-corrected chi connectivity index (χ2v) is 5.13. The number of aromatic nitrogens is 2. The molecule has 1 amide bonds. The minimum Gasteiger partial charge on any atom is -0.348 e. The molecule has 0 aliphatic heterocycles. The van der Waals surface area contributed by atoms with Gasteiger partial charge in [-0.15, -0.1) is 0 Å². The molecule has 1 heterocycles. The van der Waals surface area contributed by atoms with Crippen molar-refractivity contribution in [3.05, 3.63) is 83.9 Å². The van der Waals surface area contributed by atoms with Crippen LogP contribution in [0.1, 0.15) is 21.5 Å². The van der Waals surface area contributed by atoms with Gasteiger partial charge in [0.2, 0.25) is 0 Å². The average Bonchev–Trinajstić information content (AvgIpc) is 3.08. The van der Waals surface area contributed by atoms with Crippen LogP contribution in [0.25, 0.3) is 5.69 Å². The summed E-state index contributed by atoms with van der Waals surface area (Å²) in [5.74, 6) is -0.0446. The van der Waals surface area contributed by atoms with Crippen molar-refractivity contribution in [3.63, 3.8) is 0 Å². The van der Waals surface area contributed by atoms with Gasteiger partial charge < -0.3 is 9.88 Å². The van der Waals surface area contributed by atoms with Crippen molar-refractivity contribution >= 4 is 5.91 Å². The second-order valence-electron chi connectivity index (χ2n) is 5.13. The molecule has 0 fully saturated rings. The molecule has 3 rings (SSSR count). The van der Waals surface area contributed by atoms with E-state index in [0.717, 1.165) is 22.4 Å². The minimum absolute atomic E-state index is 0.0446. The quantitative estimate of drug-likeness (QED) is 0.803. The van der Waals surface area contributed by atoms with E-state index in [0.29, 0.717) is 6.54 Å². The summed E-state index contributed by atoms with van der Waals surface area (Å²) in [5, 5.41) is 2.95. The van der Waals surface area contributed by atoms with Crippen molar-refractivity contribution in [3.8, 4) is 5.69 Å². The molecule has 0 aliphatic rings. The molecule has 4 heteroatoms. The molecule has 22 heavy (non-hydrogen) atoms. The number of rotatable bonds is 4. The van der Waals surface area contributed by atoms with Crippen molar-refractivity contribution in [2.45, 2.75) is 13.5 Å². The molecule has 3 aromatic rings. The summed E-state index contributed by atoms with van der Waals surface area (Å²) in [5.41, 5.74) is 3.81. The summed E-state index contributed by atoms with van der Waals surface area (Å²) in [7, 11) is 0. The number of hydrogen-bond donors (Lipinski definition) is 1. The Morgan fingerprint density at radius 1 is 1.14 bits per heavy atom. The van der Waals surface area contributed by atoms with Gasteiger partial charge in [-0.3, -0.25) is 4.79 Å². The van der Waals surface area contributed by atoms with Crippen LogP contribution in [0.4, 0.5) is 0 Å². The maximum Gasteiger partial charge on any atom is 0.251 e. The summed E-state index contributed by atoms with van der Waals surface area (Å²) < 4.78 is 1.94. The van der Waals surface area contributed by atoms with Crippen LogP contribution in [0.2, 0.25) is 0 Å². The Morgan fingerprint density at radius 2 is 1.91 bits per heavy atom. The average molecular weight is 291 g/mol. The summed E-state index contributed by atoms with van der Waals surface area (Å²) in [6, 6.07) is 15.6. The number of carbonyl (C=O) groups excluding carboxylic acids is 1. The van der Waals surface area contributed by atoms with Crippen LogP contribution >= 0.6 is 0 Å². The van der Waals surface area contributed by atoms with Gasteiger partial charge in [0.25, 0.3) is 5.91 Å². The molecule has 0 spiro atoms. The van der Waals surface area contributed by atoms with Gasteiger partial charge in [-0.2, -0.15) is 0 Å². The highest BCUT2D eigenvalue weighted by Gasteiger charge is 2.07. The molecule has 110 valence electrons. The molecule has 0 saturated carbocycles. The monoisotopic (exact) mass is 291 g/mol. The van der Waals surface area contributed by atoms with E-state index in [9.17, 15) is 4.79 Å². The van der Waals surface area contributed by atoms with Crippen LogP contribution in [-0.2, 0) is 6.54 Å². The molecular formula is C18H17N3O. The largest absolute Gasteiger partial charge is 0.348 e.